The Morgan fingerprint density at radius 1 is 1.25 bits per heavy atom. The van der Waals surface area contributed by atoms with Crippen molar-refractivity contribution in [2.45, 2.75) is 46.6 Å². The Balaban J connectivity index is 2.89. The summed E-state index contributed by atoms with van der Waals surface area (Å²) in [4.78, 5) is 11.3. The van der Waals surface area contributed by atoms with Gasteiger partial charge in [0.15, 0.2) is 0 Å². The third kappa shape index (κ3) is 3.73. The molecule has 0 amide bonds. The average Bonchev–Trinajstić information content (AvgIpc) is 2.38. The van der Waals surface area contributed by atoms with Gasteiger partial charge in [-0.15, -0.1) is 0 Å². The molecule has 0 aromatic heterocycles. The van der Waals surface area contributed by atoms with E-state index in [1.54, 1.807) is 19.1 Å². The molecular formula is C16H24O4. The van der Waals surface area contributed by atoms with Crippen LogP contribution in [0.3, 0.4) is 0 Å². The van der Waals surface area contributed by atoms with Crippen LogP contribution >= 0.6 is 0 Å². The van der Waals surface area contributed by atoms with E-state index in [9.17, 15) is 20.1 Å². The average molecular weight is 280 g/mol. The number of aryl methyl sites for hydroxylation is 2. The largest absolute Gasteiger partial charge is 0.507 e. The Labute approximate surface area is 120 Å². The van der Waals surface area contributed by atoms with Crippen molar-refractivity contribution in [1.82, 2.24) is 0 Å². The van der Waals surface area contributed by atoms with Crippen molar-refractivity contribution in [3.8, 4) is 5.75 Å². The number of carboxylic acid groups (broad SMARTS) is 1. The van der Waals surface area contributed by atoms with Gasteiger partial charge in [0.1, 0.15) is 11.3 Å². The van der Waals surface area contributed by atoms with E-state index in [1.807, 2.05) is 20.8 Å². The summed E-state index contributed by atoms with van der Waals surface area (Å²) in [5, 5.41) is 29.1. The van der Waals surface area contributed by atoms with Crippen LogP contribution in [0.4, 0.5) is 0 Å². The number of rotatable bonds is 6. The van der Waals surface area contributed by atoms with Gasteiger partial charge < -0.3 is 15.3 Å². The van der Waals surface area contributed by atoms with E-state index in [0.29, 0.717) is 24.0 Å². The summed E-state index contributed by atoms with van der Waals surface area (Å²) in [6, 6.07) is 3.47. The summed E-state index contributed by atoms with van der Waals surface area (Å²) in [5.74, 6) is -1.01. The van der Waals surface area contributed by atoms with E-state index in [0.717, 1.165) is 0 Å². The van der Waals surface area contributed by atoms with Crippen molar-refractivity contribution in [2.24, 2.45) is 11.8 Å². The molecule has 0 radical (unpaired) electrons. The van der Waals surface area contributed by atoms with Gasteiger partial charge in [0.05, 0.1) is 6.10 Å². The van der Waals surface area contributed by atoms with Crippen molar-refractivity contribution in [1.29, 1.82) is 0 Å². The molecule has 1 aromatic carbocycles. The predicted octanol–water partition coefficient (Wildman–Crippen LogP) is 2.98. The lowest BCUT2D eigenvalue weighted by Crippen LogP contribution is -2.24. The molecule has 1 aromatic rings. The molecule has 4 heteroatoms. The lowest BCUT2D eigenvalue weighted by atomic mass is 9.88. The predicted molar refractivity (Wildman–Crippen MR) is 78.1 cm³/mol. The number of aromatic carboxylic acids is 1. The van der Waals surface area contributed by atoms with E-state index < -0.39 is 12.1 Å². The number of aliphatic hydroxyl groups excluding tert-OH is 1. The van der Waals surface area contributed by atoms with Crippen LogP contribution in [0, 0.1) is 18.8 Å². The molecule has 112 valence electrons. The van der Waals surface area contributed by atoms with E-state index in [4.69, 9.17) is 0 Å². The van der Waals surface area contributed by atoms with Gasteiger partial charge in [-0.2, -0.15) is 0 Å². The number of hydrogen-bond donors (Lipinski definition) is 3. The van der Waals surface area contributed by atoms with E-state index in [2.05, 4.69) is 0 Å². The zero-order valence-electron chi connectivity index (χ0n) is 12.6. The molecule has 0 aliphatic carbocycles. The molecule has 0 saturated carbocycles. The Kier molecular flexibility index (Phi) is 5.57. The molecule has 3 N–H and O–H groups in total. The quantitative estimate of drug-likeness (QED) is 0.748. The van der Waals surface area contributed by atoms with Crippen LogP contribution in [0.15, 0.2) is 12.1 Å². The zero-order chi connectivity index (χ0) is 15.4. The fourth-order valence-electron chi connectivity index (χ4n) is 2.40. The smallest absolute Gasteiger partial charge is 0.339 e. The summed E-state index contributed by atoms with van der Waals surface area (Å²) < 4.78 is 0. The number of hydrogen-bond acceptors (Lipinski definition) is 3. The van der Waals surface area contributed by atoms with Gasteiger partial charge >= 0.3 is 5.97 Å². The molecule has 20 heavy (non-hydrogen) atoms. The Morgan fingerprint density at radius 3 is 2.35 bits per heavy atom. The fourth-order valence-corrected chi connectivity index (χ4v) is 2.40. The van der Waals surface area contributed by atoms with Crippen molar-refractivity contribution >= 4 is 5.97 Å². The van der Waals surface area contributed by atoms with Crippen LogP contribution < -0.4 is 0 Å². The second-order valence-electron chi connectivity index (χ2n) is 5.82. The molecule has 0 fully saturated rings. The van der Waals surface area contributed by atoms with Gasteiger partial charge in [-0.05, 0) is 42.7 Å². The van der Waals surface area contributed by atoms with E-state index >= 15 is 0 Å². The second kappa shape index (κ2) is 6.75. The SMILES string of the molecule is Cc1ccc(CC[C@@H](C)[C@H](O)C(C)C)c(C(=O)O)c1O. The maximum Gasteiger partial charge on any atom is 0.339 e. The standard InChI is InChI=1S/C16H24O4/c1-9(2)14(17)10(3)5-7-12-8-6-11(4)15(18)13(12)16(19)20/h6,8-10,14,17-18H,5,7H2,1-4H3,(H,19,20)/t10-,14-/m1/s1. The minimum atomic E-state index is -1.11. The van der Waals surface area contributed by atoms with Gasteiger partial charge in [-0.1, -0.05) is 32.9 Å². The topological polar surface area (TPSA) is 77.8 Å². The summed E-state index contributed by atoms with van der Waals surface area (Å²) in [7, 11) is 0. The van der Waals surface area contributed by atoms with E-state index in [1.165, 1.54) is 0 Å². The summed E-state index contributed by atoms with van der Waals surface area (Å²) >= 11 is 0. The molecule has 0 spiro atoms. The highest BCUT2D eigenvalue weighted by Gasteiger charge is 2.21. The number of benzene rings is 1. The van der Waals surface area contributed by atoms with Crippen LogP contribution in [-0.2, 0) is 6.42 Å². The van der Waals surface area contributed by atoms with Crippen LogP contribution in [0.25, 0.3) is 0 Å². The summed E-state index contributed by atoms with van der Waals surface area (Å²) in [5.41, 5.74) is 1.15. The van der Waals surface area contributed by atoms with Crippen LogP contribution in [-0.4, -0.2) is 27.4 Å². The number of phenols is 1. The molecule has 0 aliphatic heterocycles. The molecule has 2 atom stereocenters. The van der Waals surface area contributed by atoms with Crippen molar-refractivity contribution in [3.63, 3.8) is 0 Å². The third-order valence-corrected chi connectivity index (χ3v) is 3.81. The Hall–Kier alpha value is -1.55. The number of carbonyl (C=O) groups is 1. The number of aliphatic hydroxyl groups is 1. The summed E-state index contributed by atoms with van der Waals surface area (Å²) in [6.07, 6.45) is 0.810. The lowest BCUT2D eigenvalue weighted by Gasteiger charge is -2.22. The number of carboxylic acids is 1. The highest BCUT2D eigenvalue weighted by atomic mass is 16.4. The van der Waals surface area contributed by atoms with Crippen LogP contribution in [0.2, 0.25) is 0 Å². The van der Waals surface area contributed by atoms with Crippen LogP contribution in [0.1, 0.15) is 48.7 Å². The van der Waals surface area contributed by atoms with Gasteiger partial charge in [0.25, 0.3) is 0 Å². The molecule has 0 saturated heterocycles. The first-order valence-electron chi connectivity index (χ1n) is 6.98. The first-order valence-corrected chi connectivity index (χ1v) is 6.98. The highest BCUT2D eigenvalue weighted by Crippen LogP contribution is 2.28. The van der Waals surface area contributed by atoms with Gasteiger partial charge in [-0.3, -0.25) is 0 Å². The minimum absolute atomic E-state index is 0.0174. The van der Waals surface area contributed by atoms with Gasteiger partial charge in [0.2, 0.25) is 0 Å². The molecule has 0 aliphatic rings. The molecule has 4 nitrogen and oxygen atoms in total. The monoisotopic (exact) mass is 280 g/mol. The molecular weight excluding hydrogens is 256 g/mol. The van der Waals surface area contributed by atoms with Crippen molar-refractivity contribution in [2.75, 3.05) is 0 Å². The van der Waals surface area contributed by atoms with E-state index in [-0.39, 0.29) is 23.1 Å². The van der Waals surface area contributed by atoms with Gasteiger partial charge in [-0.25, -0.2) is 4.79 Å². The fraction of sp³-hybridized carbons (Fsp3) is 0.562. The molecule has 0 unspecified atom stereocenters. The maximum absolute atomic E-state index is 11.3. The first kappa shape index (κ1) is 16.5. The first-order chi connectivity index (χ1) is 9.25. The maximum atomic E-state index is 11.3. The lowest BCUT2D eigenvalue weighted by molar-refractivity contribution is 0.0677. The van der Waals surface area contributed by atoms with Crippen molar-refractivity contribution < 1.29 is 20.1 Å². The summed E-state index contributed by atoms with van der Waals surface area (Å²) in [6.45, 7) is 7.55. The Bertz CT molecular complexity index is 480. The minimum Gasteiger partial charge on any atom is -0.507 e. The normalized spacial score (nSPS) is 14.3. The molecule has 0 bridgehead atoms. The zero-order valence-corrected chi connectivity index (χ0v) is 12.6. The molecule has 0 heterocycles. The third-order valence-electron chi connectivity index (χ3n) is 3.81. The Morgan fingerprint density at radius 2 is 1.85 bits per heavy atom. The van der Waals surface area contributed by atoms with Crippen molar-refractivity contribution in [3.05, 3.63) is 28.8 Å². The highest BCUT2D eigenvalue weighted by molar-refractivity contribution is 5.93. The number of aromatic hydroxyl groups is 1. The second-order valence-corrected chi connectivity index (χ2v) is 5.82. The van der Waals surface area contributed by atoms with Crippen LogP contribution in [0.5, 0.6) is 5.75 Å². The van der Waals surface area contributed by atoms with Gasteiger partial charge in [0, 0.05) is 0 Å². The molecule has 1 rings (SSSR count).